The van der Waals surface area contributed by atoms with Crippen molar-refractivity contribution in [1.82, 2.24) is 20.3 Å². The van der Waals surface area contributed by atoms with Gasteiger partial charge in [-0.15, -0.1) is 10.2 Å². The van der Waals surface area contributed by atoms with Crippen LogP contribution in [0.2, 0.25) is 0 Å². The molecule has 0 aliphatic heterocycles. The molecule has 7 heteroatoms. The molecular weight excluding hydrogens is 384 g/mol. The van der Waals surface area contributed by atoms with Crippen molar-refractivity contribution in [3.63, 3.8) is 0 Å². The molecule has 0 saturated carbocycles. The second-order valence-corrected chi connectivity index (χ2v) is 7.76. The topological polar surface area (TPSA) is 77.8 Å². The first-order valence-electron chi connectivity index (χ1n) is 9.63. The number of thioether (sulfide) groups is 1. The molecule has 1 unspecified atom stereocenters. The van der Waals surface area contributed by atoms with Crippen molar-refractivity contribution in [1.29, 1.82) is 0 Å². The van der Waals surface area contributed by atoms with Crippen LogP contribution in [0.15, 0.2) is 68.8 Å². The SMILES string of the molecule is CCc1ccc(-c2noc(CSc3nnc(CC(C)c4ccccc4)o3)n2)cc1. The summed E-state index contributed by atoms with van der Waals surface area (Å²) < 4.78 is 11.1. The van der Waals surface area contributed by atoms with E-state index in [0.29, 0.717) is 40.9 Å². The molecule has 2 heterocycles. The second kappa shape index (κ2) is 9.05. The Balaban J connectivity index is 1.33. The summed E-state index contributed by atoms with van der Waals surface area (Å²) in [7, 11) is 0. The Morgan fingerprint density at radius 3 is 2.52 bits per heavy atom. The lowest BCUT2D eigenvalue weighted by Crippen LogP contribution is -1.98. The highest BCUT2D eigenvalue weighted by molar-refractivity contribution is 7.98. The van der Waals surface area contributed by atoms with E-state index in [2.05, 4.69) is 58.5 Å². The Bertz CT molecular complexity index is 1040. The van der Waals surface area contributed by atoms with Gasteiger partial charge in [0.2, 0.25) is 17.6 Å². The van der Waals surface area contributed by atoms with Gasteiger partial charge in [-0.3, -0.25) is 0 Å². The van der Waals surface area contributed by atoms with Crippen molar-refractivity contribution in [3.05, 3.63) is 77.5 Å². The van der Waals surface area contributed by atoms with Crippen LogP contribution in [-0.2, 0) is 18.6 Å². The van der Waals surface area contributed by atoms with E-state index in [1.54, 1.807) is 0 Å². The quantitative estimate of drug-likeness (QED) is 0.366. The number of aryl methyl sites for hydroxylation is 1. The van der Waals surface area contributed by atoms with Gasteiger partial charge >= 0.3 is 0 Å². The van der Waals surface area contributed by atoms with Gasteiger partial charge in [0.25, 0.3) is 5.22 Å². The van der Waals surface area contributed by atoms with Gasteiger partial charge in [-0.25, -0.2) is 0 Å². The summed E-state index contributed by atoms with van der Waals surface area (Å²) in [5, 5.41) is 12.9. The third-order valence-electron chi connectivity index (χ3n) is 4.71. The largest absolute Gasteiger partial charge is 0.416 e. The minimum atomic E-state index is 0.312. The maximum Gasteiger partial charge on any atom is 0.277 e. The Labute approximate surface area is 173 Å². The average Bonchev–Trinajstić information content (AvgIpc) is 3.42. The van der Waals surface area contributed by atoms with Gasteiger partial charge in [-0.1, -0.05) is 85.4 Å². The number of aromatic nitrogens is 4. The van der Waals surface area contributed by atoms with Crippen LogP contribution in [-0.4, -0.2) is 20.3 Å². The number of nitrogens with zero attached hydrogens (tertiary/aromatic N) is 4. The number of rotatable bonds is 8. The molecule has 1 atom stereocenters. The summed E-state index contributed by atoms with van der Waals surface area (Å²) in [6.07, 6.45) is 1.71. The summed E-state index contributed by atoms with van der Waals surface area (Å²) in [5.74, 6) is 2.54. The number of hydrogen-bond acceptors (Lipinski definition) is 7. The lowest BCUT2D eigenvalue weighted by molar-refractivity contribution is 0.388. The van der Waals surface area contributed by atoms with Gasteiger partial charge in [0.15, 0.2) is 0 Å². The van der Waals surface area contributed by atoms with Crippen molar-refractivity contribution in [2.24, 2.45) is 0 Å². The van der Waals surface area contributed by atoms with E-state index >= 15 is 0 Å². The Hall–Kier alpha value is -2.93. The molecule has 0 N–H and O–H groups in total. The van der Waals surface area contributed by atoms with Crippen molar-refractivity contribution in [2.75, 3.05) is 0 Å². The van der Waals surface area contributed by atoms with Gasteiger partial charge in [-0.05, 0) is 23.5 Å². The zero-order valence-corrected chi connectivity index (χ0v) is 17.2. The molecule has 6 nitrogen and oxygen atoms in total. The van der Waals surface area contributed by atoms with Gasteiger partial charge in [0.05, 0.1) is 5.75 Å². The van der Waals surface area contributed by atoms with Gasteiger partial charge in [0.1, 0.15) is 0 Å². The number of hydrogen-bond donors (Lipinski definition) is 0. The van der Waals surface area contributed by atoms with E-state index in [4.69, 9.17) is 8.94 Å². The molecular formula is C22H22N4O2S. The number of benzene rings is 2. The lowest BCUT2D eigenvalue weighted by Gasteiger charge is -2.08. The van der Waals surface area contributed by atoms with E-state index in [9.17, 15) is 0 Å². The van der Waals surface area contributed by atoms with Crippen molar-refractivity contribution < 1.29 is 8.94 Å². The van der Waals surface area contributed by atoms with Crippen molar-refractivity contribution in [3.8, 4) is 11.4 Å². The molecule has 4 rings (SSSR count). The minimum Gasteiger partial charge on any atom is -0.416 e. The molecule has 0 spiro atoms. The molecule has 2 aromatic carbocycles. The fourth-order valence-corrected chi connectivity index (χ4v) is 3.60. The molecule has 148 valence electrons. The Morgan fingerprint density at radius 2 is 1.76 bits per heavy atom. The standard InChI is InChI=1S/C22H22N4O2S/c1-3-16-9-11-18(12-10-16)21-23-20(28-26-21)14-29-22-25-24-19(27-22)13-15(2)17-7-5-4-6-8-17/h4-12,15H,3,13-14H2,1-2H3. The lowest BCUT2D eigenvalue weighted by atomic mass is 9.98. The van der Waals surface area contributed by atoms with Gasteiger partial charge in [0, 0.05) is 12.0 Å². The van der Waals surface area contributed by atoms with Gasteiger partial charge < -0.3 is 8.94 Å². The predicted octanol–water partition coefficient (Wildman–Crippen LogP) is 5.32. The van der Waals surface area contributed by atoms with Crippen LogP contribution < -0.4 is 0 Å². The highest BCUT2D eigenvalue weighted by atomic mass is 32.2. The Morgan fingerprint density at radius 1 is 0.966 bits per heavy atom. The highest BCUT2D eigenvalue weighted by Gasteiger charge is 2.14. The first-order valence-corrected chi connectivity index (χ1v) is 10.6. The maximum absolute atomic E-state index is 5.77. The zero-order chi connectivity index (χ0) is 20.1. The van der Waals surface area contributed by atoms with E-state index in [-0.39, 0.29) is 0 Å². The summed E-state index contributed by atoms with van der Waals surface area (Å²) >= 11 is 1.40. The van der Waals surface area contributed by atoms with Crippen LogP contribution >= 0.6 is 11.8 Å². The highest BCUT2D eigenvalue weighted by Crippen LogP contribution is 2.25. The molecule has 0 aliphatic carbocycles. The molecule has 0 bridgehead atoms. The van der Waals surface area contributed by atoms with E-state index in [0.717, 1.165) is 12.0 Å². The van der Waals surface area contributed by atoms with Crippen molar-refractivity contribution in [2.45, 2.75) is 43.6 Å². The summed E-state index contributed by atoms with van der Waals surface area (Å²) in [6, 6.07) is 18.5. The van der Waals surface area contributed by atoms with E-state index < -0.39 is 0 Å². The predicted molar refractivity (Wildman–Crippen MR) is 112 cm³/mol. The smallest absolute Gasteiger partial charge is 0.277 e. The average molecular weight is 407 g/mol. The van der Waals surface area contributed by atoms with Crippen molar-refractivity contribution >= 4 is 11.8 Å². The fraction of sp³-hybridized carbons (Fsp3) is 0.273. The second-order valence-electron chi connectivity index (χ2n) is 6.83. The van der Waals surface area contributed by atoms with Crippen LogP contribution in [0.1, 0.15) is 42.7 Å². The van der Waals surface area contributed by atoms with E-state index in [1.165, 1.54) is 22.9 Å². The van der Waals surface area contributed by atoms with Crippen LogP contribution in [0, 0.1) is 0 Å². The molecule has 0 fully saturated rings. The summed E-state index contributed by atoms with van der Waals surface area (Å²) in [4.78, 5) is 4.46. The van der Waals surface area contributed by atoms with Crippen LogP contribution in [0.25, 0.3) is 11.4 Å². The monoisotopic (exact) mass is 406 g/mol. The molecule has 0 amide bonds. The molecule has 0 saturated heterocycles. The third-order valence-corrected chi connectivity index (χ3v) is 5.51. The molecule has 2 aromatic heterocycles. The molecule has 4 aromatic rings. The van der Waals surface area contributed by atoms with Gasteiger partial charge in [-0.2, -0.15) is 4.98 Å². The van der Waals surface area contributed by atoms with E-state index in [1.807, 2.05) is 30.3 Å². The molecule has 0 radical (unpaired) electrons. The van der Waals surface area contributed by atoms with Crippen LogP contribution in [0.5, 0.6) is 0 Å². The Kier molecular flexibility index (Phi) is 6.05. The maximum atomic E-state index is 5.77. The summed E-state index contributed by atoms with van der Waals surface area (Å²) in [5.41, 5.74) is 3.48. The van der Waals surface area contributed by atoms with Crippen LogP contribution in [0.3, 0.4) is 0 Å². The normalized spacial score (nSPS) is 12.2. The summed E-state index contributed by atoms with van der Waals surface area (Å²) in [6.45, 7) is 4.28. The first kappa shape index (κ1) is 19.4. The fourth-order valence-electron chi connectivity index (χ4n) is 2.98. The minimum absolute atomic E-state index is 0.312. The zero-order valence-electron chi connectivity index (χ0n) is 16.4. The molecule has 0 aliphatic rings. The molecule has 29 heavy (non-hydrogen) atoms. The third kappa shape index (κ3) is 4.92. The van der Waals surface area contributed by atoms with Crippen LogP contribution in [0.4, 0.5) is 0 Å². The first-order chi connectivity index (χ1) is 14.2.